The summed E-state index contributed by atoms with van der Waals surface area (Å²) in [5.41, 5.74) is 3.55. The minimum absolute atomic E-state index is 0.347. The molecule has 0 aliphatic heterocycles. The first kappa shape index (κ1) is 14.1. The first-order valence-electron chi connectivity index (χ1n) is 4.64. The lowest BCUT2D eigenvalue weighted by Gasteiger charge is -2.18. The van der Waals surface area contributed by atoms with E-state index in [4.69, 9.17) is 10.9 Å². The molecule has 0 bridgehead atoms. The summed E-state index contributed by atoms with van der Waals surface area (Å²) in [6.45, 7) is 4.50. The van der Waals surface area contributed by atoms with Gasteiger partial charge in [0.15, 0.2) is 5.71 Å². The van der Waals surface area contributed by atoms with Crippen molar-refractivity contribution in [1.29, 1.82) is 0 Å². The van der Waals surface area contributed by atoms with Gasteiger partial charge in [0.2, 0.25) is 5.54 Å². The van der Waals surface area contributed by atoms with E-state index in [1.807, 2.05) is 0 Å². The zero-order valence-electron chi connectivity index (χ0n) is 9.43. The number of amides is 1. The molecule has 0 rings (SSSR count). The fraction of sp³-hybridized carbons (Fsp3) is 0.556. The number of carbonyl (C=O) groups excluding carboxylic acids is 1. The Morgan fingerprint density at radius 3 is 2.38 bits per heavy atom. The van der Waals surface area contributed by atoms with E-state index in [2.05, 4.69) is 5.16 Å². The van der Waals surface area contributed by atoms with Crippen molar-refractivity contribution in [1.82, 2.24) is 0 Å². The van der Waals surface area contributed by atoms with Crippen LogP contribution in [0.2, 0.25) is 0 Å². The number of hydrogen-bond acceptors (Lipinski definition) is 5. The Labute approximate surface area is 92.8 Å². The monoisotopic (exact) mass is 229 g/mol. The van der Waals surface area contributed by atoms with E-state index in [9.17, 15) is 14.9 Å². The quantitative estimate of drug-likeness (QED) is 0.312. The van der Waals surface area contributed by atoms with Crippen LogP contribution in [0.15, 0.2) is 16.8 Å². The number of oxime groups is 1. The molecular weight excluding hydrogens is 214 g/mol. The molecule has 90 valence electrons. The Morgan fingerprint density at radius 2 is 2.12 bits per heavy atom. The van der Waals surface area contributed by atoms with Gasteiger partial charge in [-0.1, -0.05) is 12.1 Å². The van der Waals surface area contributed by atoms with E-state index in [0.717, 1.165) is 6.08 Å². The summed E-state index contributed by atoms with van der Waals surface area (Å²) in [6.07, 6.45) is 1.49. The van der Waals surface area contributed by atoms with Gasteiger partial charge in [0, 0.05) is 24.3 Å². The second-order valence-electron chi connectivity index (χ2n) is 3.69. The lowest BCUT2D eigenvalue weighted by Crippen LogP contribution is -2.34. The van der Waals surface area contributed by atoms with E-state index in [-0.39, 0.29) is 0 Å². The van der Waals surface area contributed by atoms with Gasteiger partial charge in [-0.25, -0.2) is 0 Å². The molecule has 0 radical (unpaired) electrons. The largest absolute Gasteiger partial charge is 0.410 e. The van der Waals surface area contributed by atoms with Crippen LogP contribution in [0.5, 0.6) is 0 Å². The van der Waals surface area contributed by atoms with Crippen LogP contribution in [0.4, 0.5) is 0 Å². The Balaban J connectivity index is 5.38. The van der Waals surface area contributed by atoms with Crippen molar-refractivity contribution in [2.45, 2.75) is 32.7 Å². The average molecular weight is 229 g/mol. The molecule has 0 aliphatic carbocycles. The Hall–Kier alpha value is -1.92. The number of carbonyl (C=O) groups is 1. The third-order valence-electron chi connectivity index (χ3n) is 2.29. The molecule has 1 amide bonds. The predicted octanol–water partition coefficient (Wildman–Crippen LogP) is 0.694. The molecule has 7 nitrogen and oxygen atoms in total. The van der Waals surface area contributed by atoms with Gasteiger partial charge in [0.05, 0.1) is 0 Å². The van der Waals surface area contributed by atoms with Crippen LogP contribution in [0.1, 0.15) is 27.2 Å². The van der Waals surface area contributed by atoms with E-state index in [1.54, 1.807) is 6.92 Å². The molecule has 0 heterocycles. The Kier molecular flexibility index (Phi) is 4.61. The van der Waals surface area contributed by atoms with Crippen LogP contribution < -0.4 is 5.73 Å². The van der Waals surface area contributed by atoms with Crippen molar-refractivity contribution in [3.63, 3.8) is 0 Å². The molecule has 0 unspecified atom stereocenters. The number of primary amides is 1. The smallest absolute Gasteiger partial charge is 0.270 e. The highest BCUT2D eigenvalue weighted by atomic mass is 16.6. The first-order chi connectivity index (χ1) is 7.27. The van der Waals surface area contributed by atoms with E-state index in [0.29, 0.717) is 12.0 Å². The Bertz CT molecular complexity index is 358. The molecule has 0 saturated heterocycles. The molecule has 0 aromatic carbocycles. The van der Waals surface area contributed by atoms with Crippen molar-refractivity contribution in [3.8, 4) is 0 Å². The Morgan fingerprint density at radius 1 is 1.62 bits per heavy atom. The van der Waals surface area contributed by atoms with E-state index in [1.165, 1.54) is 13.8 Å². The highest BCUT2D eigenvalue weighted by Gasteiger charge is 2.35. The lowest BCUT2D eigenvalue weighted by atomic mass is 9.91. The molecule has 16 heavy (non-hydrogen) atoms. The normalized spacial score (nSPS) is 13.7. The summed E-state index contributed by atoms with van der Waals surface area (Å²) in [4.78, 5) is 21.1. The predicted molar refractivity (Wildman–Crippen MR) is 57.9 cm³/mol. The van der Waals surface area contributed by atoms with Crippen molar-refractivity contribution in [2.24, 2.45) is 10.9 Å². The van der Waals surface area contributed by atoms with Crippen LogP contribution in [0, 0.1) is 10.1 Å². The van der Waals surface area contributed by atoms with Gasteiger partial charge in [-0.2, -0.15) is 0 Å². The van der Waals surface area contributed by atoms with Gasteiger partial charge in [0.25, 0.3) is 5.91 Å². The van der Waals surface area contributed by atoms with Crippen LogP contribution in [-0.4, -0.2) is 27.3 Å². The van der Waals surface area contributed by atoms with Crippen LogP contribution in [0.25, 0.3) is 0 Å². The maximum atomic E-state index is 10.8. The molecule has 0 atom stereocenters. The van der Waals surface area contributed by atoms with Gasteiger partial charge >= 0.3 is 0 Å². The second kappa shape index (κ2) is 5.24. The topological polar surface area (TPSA) is 119 Å². The zero-order valence-corrected chi connectivity index (χ0v) is 9.43. The van der Waals surface area contributed by atoms with Crippen LogP contribution in [0.3, 0.4) is 0 Å². The number of hydrogen-bond donors (Lipinski definition) is 2. The summed E-state index contributed by atoms with van der Waals surface area (Å²) in [5, 5.41) is 22.0. The van der Waals surface area contributed by atoms with Gasteiger partial charge in [-0.05, 0) is 12.5 Å². The molecule has 3 N–H and O–H groups in total. The highest BCUT2D eigenvalue weighted by molar-refractivity contribution is 6.42. The molecule has 0 aromatic heterocycles. The summed E-state index contributed by atoms with van der Waals surface area (Å²) in [6, 6.07) is 0. The van der Waals surface area contributed by atoms with Crippen molar-refractivity contribution in [2.75, 3.05) is 0 Å². The number of rotatable bonds is 5. The average Bonchev–Trinajstić information content (AvgIpc) is 2.18. The number of nitro groups is 1. The minimum atomic E-state index is -1.33. The summed E-state index contributed by atoms with van der Waals surface area (Å²) in [5.74, 6) is -0.937. The molecule has 0 aliphatic rings. The standard InChI is InChI=1S/C9H15N3O4/c1-4-6(9(2,3)12(15)16)5-7(11-14)8(10)13/h5,14H,4H2,1-3H3,(H2,10,13). The molecule has 0 fully saturated rings. The maximum absolute atomic E-state index is 10.8. The summed E-state index contributed by atoms with van der Waals surface area (Å²) < 4.78 is 0. The van der Waals surface area contributed by atoms with Gasteiger partial charge in [-0.3, -0.25) is 14.9 Å². The van der Waals surface area contributed by atoms with Gasteiger partial charge in [0.1, 0.15) is 0 Å². The molecule has 0 spiro atoms. The van der Waals surface area contributed by atoms with E-state index >= 15 is 0 Å². The first-order valence-corrected chi connectivity index (χ1v) is 4.64. The minimum Gasteiger partial charge on any atom is -0.410 e. The third-order valence-corrected chi connectivity index (χ3v) is 2.29. The van der Waals surface area contributed by atoms with Crippen molar-refractivity contribution >= 4 is 11.6 Å². The van der Waals surface area contributed by atoms with Crippen molar-refractivity contribution in [3.05, 3.63) is 21.8 Å². The number of nitrogens with two attached hydrogens (primary N) is 1. The fourth-order valence-electron chi connectivity index (χ4n) is 1.14. The van der Waals surface area contributed by atoms with Gasteiger partial charge < -0.3 is 10.9 Å². The van der Waals surface area contributed by atoms with Gasteiger partial charge in [-0.15, -0.1) is 0 Å². The molecule has 7 heteroatoms. The molecule has 0 saturated carbocycles. The van der Waals surface area contributed by atoms with E-state index < -0.39 is 22.1 Å². The maximum Gasteiger partial charge on any atom is 0.270 e. The fourth-order valence-corrected chi connectivity index (χ4v) is 1.14. The zero-order chi connectivity index (χ0) is 12.9. The third kappa shape index (κ3) is 3.04. The SMILES string of the molecule is CCC(=CC(=NO)C(N)=O)C(C)(C)[N+](=O)[O-]. The molecule has 0 aromatic rings. The van der Waals surface area contributed by atoms with Crippen molar-refractivity contribution < 1.29 is 14.9 Å². The van der Waals surface area contributed by atoms with Crippen LogP contribution >= 0.6 is 0 Å². The number of nitrogens with zero attached hydrogens (tertiary/aromatic N) is 2. The second-order valence-corrected chi connectivity index (χ2v) is 3.69. The molecular formula is C9H15N3O4. The summed E-state index contributed by atoms with van der Waals surface area (Å²) in [7, 11) is 0. The lowest BCUT2D eigenvalue weighted by molar-refractivity contribution is -0.548. The highest BCUT2D eigenvalue weighted by Crippen LogP contribution is 2.22. The van der Waals surface area contributed by atoms with Crippen LogP contribution in [-0.2, 0) is 4.79 Å². The summed E-state index contributed by atoms with van der Waals surface area (Å²) >= 11 is 0.